The van der Waals surface area contributed by atoms with Gasteiger partial charge in [0.2, 0.25) is 0 Å². The van der Waals surface area contributed by atoms with Gasteiger partial charge in [0.05, 0.1) is 10.0 Å². The first kappa shape index (κ1) is 11.6. The van der Waals surface area contributed by atoms with Crippen molar-refractivity contribution < 1.29 is 0 Å². The quantitative estimate of drug-likeness (QED) is 0.632. The van der Waals surface area contributed by atoms with Crippen LogP contribution in [0.1, 0.15) is 31.2 Å². The Morgan fingerprint density at radius 1 is 1.43 bits per heavy atom. The fourth-order valence-electron chi connectivity index (χ4n) is 1.55. The van der Waals surface area contributed by atoms with Gasteiger partial charge in [0.25, 0.3) is 0 Å². The Balaban J connectivity index is 3.03. The largest absolute Gasteiger partial charge is 0.103 e. The van der Waals surface area contributed by atoms with Crippen LogP contribution < -0.4 is 0 Å². The molecule has 0 aromatic heterocycles. The molecule has 0 radical (unpaired) electrons. The van der Waals surface area contributed by atoms with Gasteiger partial charge >= 0.3 is 0 Å². The number of hydrogen-bond acceptors (Lipinski definition) is 0. The van der Waals surface area contributed by atoms with Crippen molar-refractivity contribution in [1.82, 2.24) is 0 Å². The average Bonchev–Trinajstić information content (AvgIpc) is 2.19. The van der Waals surface area contributed by atoms with E-state index in [-0.39, 0.29) is 0 Å². The highest BCUT2D eigenvalue weighted by Gasteiger charge is 2.12. The van der Waals surface area contributed by atoms with Gasteiger partial charge in [-0.1, -0.05) is 48.3 Å². The lowest BCUT2D eigenvalue weighted by molar-refractivity contribution is 0.675. The molecule has 0 amide bonds. The zero-order chi connectivity index (χ0) is 10.6. The molecule has 1 atom stereocenters. The Hall–Kier alpha value is -0.460. The van der Waals surface area contributed by atoms with Crippen molar-refractivity contribution in [2.24, 2.45) is 0 Å². The van der Waals surface area contributed by atoms with Crippen LogP contribution in [0.5, 0.6) is 0 Å². The molecule has 1 unspecified atom stereocenters. The van der Waals surface area contributed by atoms with Gasteiger partial charge in [-0.05, 0) is 30.4 Å². The van der Waals surface area contributed by atoms with Gasteiger partial charge < -0.3 is 0 Å². The summed E-state index contributed by atoms with van der Waals surface area (Å²) < 4.78 is 0. The van der Waals surface area contributed by atoms with Gasteiger partial charge in [-0.2, -0.15) is 0 Å². The fourth-order valence-corrected chi connectivity index (χ4v) is 2.01. The molecule has 0 saturated heterocycles. The predicted octanol–water partition coefficient (Wildman–Crippen LogP) is 5.06. The summed E-state index contributed by atoms with van der Waals surface area (Å²) in [6.45, 7) is 5.89. The molecule has 1 rings (SSSR count). The summed E-state index contributed by atoms with van der Waals surface area (Å²) in [5.41, 5.74) is 1.13. The van der Waals surface area contributed by atoms with E-state index < -0.39 is 0 Å². The van der Waals surface area contributed by atoms with Gasteiger partial charge in [0.15, 0.2) is 0 Å². The smallest absolute Gasteiger partial charge is 0.0627 e. The van der Waals surface area contributed by atoms with Crippen molar-refractivity contribution in [3.8, 4) is 0 Å². The van der Waals surface area contributed by atoms with Crippen molar-refractivity contribution >= 4 is 23.2 Å². The third-order valence-corrected chi connectivity index (χ3v) is 3.20. The lowest BCUT2D eigenvalue weighted by Crippen LogP contribution is -1.96. The van der Waals surface area contributed by atoms with E-state index in [1.807, 2.05) is 24.3 Å². The summed E-state index contributed by atoms with van der Waals surface area (Å²) >= 11 is 12.1. The second-order valence-corrected chi connectivity index (χ2v) is 4.06. The number of rotatable bonds is 4. The SMILES string of the molecule is C=CCC(CC)c1cccc(Cl)c1Cl. The molecule has 0 aliphatic heterocycles. The number of hydrogen-bond donors (Lipinski definition) is 0. The first-order chi connectivity index (χ1) is 6.70. The maximum Gasteiger partial charge on any atom is 0.0627 e. The first-order valence-electron chi connectivity index (χ1n) is 4.75. The first-order valence-corrected chi connectivity index (χ1v) is 5.51. The molecule has 0 aliphatic carbocycles. The van der Waals surface area contributed by atoms with Crippen molar-refractivity contribution in [2.75, 3.05) is 0 Å². The Bertz CT molecular complexity index is 318. The topological polar surface area (TPSA) is 0 Å². The zero-order valence-corrected chi connectivity index (χ0v) is 9.78. The van der Waals surface area contributed by atoms with Gasteiger partial charge in [-0.3, -0.25) is 0 Å². The van der Waals surface area contributed by atoms with Crippen LogP contribution in [0.4, 0.5) is 0 Å². The second kappa shape index (κ2) is 5.43. The molecular formula is C12H14Cl2. The molecule has 0 bridgehead atoms. The summed E-state index contributed by atoms with van der Waals surface area (Å²) in [4.78, 5) is 0. The van der Waals surface area contributed by atoms with E-state index in [1.54, 1.807) is 0 Å². The normalized spacial score (nSPS) is 12.5. The van der Waals surface area contributed by atoms with Gasteiger partial charge in [-0.15, -0.1) is 6.58 Å². The lowest BCUT2D eigenvalue weighted by Gasteiger charge is -2.15. The zero-order valence-electron chi connectivity index (χ0n) is 8.26. The second-order valence-electron chi connectivity index (χ2n) is 3.27. The molecule has 2 heteroatoms. The van der Waals surface area contributed by atoms with Crippen LogP contribution in [-0.4, -0.2) is 0 Å². The Morgan fingerprint density at radius 3 is 2.71 bits per heavy atom. The molecule has 0 N–H and O–H groups in total. The van der Waals surface area contributed by atoms with Crippen molar-refractivity contribution in [1.29, 1.82) is 0 Å². The highest BCUT2D eigenvalue weighted by atomic mass is 35.5. The minimum atomic E-state index is 0.429. The number of benzene rings is 1. The van der Waals surface area contributed by atoms with E-state index >= 15 is 0 Å². The third-order valence-electron chi connectivity index (χ3n) is 2.37. The summed E-state index contributed by atoms with van der Waals surface area (Å²) in [6.07, 6.45) is 3.91. The summed E-state index contributed by atoms with van der Waals surface area (Å²) in [5, 5.41) is 1.31. The van der Waals surface area contributed by atoms with E-state index in [0.717, 1.165) is 18.4 Å². The molecule has 76 valence electrons. The third kappa shape index (κ3) is 2.52. The fraction of sp³-hybridized carbons (Fsp3) is 0.333. The highest BCUT2D eigenvalue weighted by Crippen LogP contribution is 2.34. The van der Waals surface area contributed by atoms with Crippen molar-refractivity contribution in [3.05, 3.63) is 46.5 Å². The average molecular weight is 229 g/mol. The Kier molecular flexibility index (Phi) is 4.50. The van der Waals surface area contributed by atoms with Crippen LogP contribution in [0.2, 0.25) is 10.0 Å². The molecule has 0 nitrogen and oxygen atoms in total. The summed E-state index contributed by atoms with van der Waals surface area (Å²) in [6, 6.07) is 5.79. The van der Waals surface area contributed by atoms with Gasteiger partial charge in [-0.25, -0.2) is 0 Å². The van der Waals surface area contributed by atoms with Crippen LogP contribution >= 0.6 is 23.2 Å². The van der Waals surface area contributed by atoms with E-state index in [0.29, 0.717) is 16.0 Å². The van der Waals surface area contributed by atoms with Crippen molar-refractivity contribution in [2.45, 2.75) is 25.7 Å². The minimum Gasteiger partial charge on any atom is -0.103 e. The van der Waals surface area contributed by atoms with Crippen LogP contribution in [0, 0.1) is 0 Å². The molecule has 0 spiro atoms. The molecule has 0 saturated carbocycles. The molecule has 14 heavy (non-hydrogen) atoms. The molecule has 0 aliphatic rings. The summed E-state index contributed by atoms with van der Waals surface area (Å²) in [7, 11) is 0. The van der Waals surface area contributed by atoms with E-state index in [2.05, 4.69) is 13.5 Å². The standard InChI is InChI=1S/C12H14Cl2/c1-3-6-9(4-2)10-7-5-8-11(13)12(10)14/h3,5,7-9H,1,4,6H2,2H3. The monoisotopic (exact) mass is 228 g/mol. The summed E-state index contributed by atoms with van der Waals surface area (Å²) in [5.74, 6) is 0.429. The molecule has 0 fully saturated rings. The van der Waals surface area contributed by atoms with Crippen LogP contribution in [-0.2, 0) is 0 Å². The maximum absolute atomic E-state index is 6.14. The van der Waals surface area contributed by atoms with Crippen LogP contribution in [0.15, 0.2) is 30.9 Å². The van der Waals surface area contributed by atoms with E-state index in [9.17, 15) is 0 Å². The van der Waals surface area contributed by atoms with Crippen LogP contribution in [0.25, 0.3) is 0 Å². The number of halogens is 2. The van der Waals surface area contributed by atoms with E-state index in [1.165, 1.54) is 0 Å². The minimum absolute atomic E-state index is 0.429. The highest BCUT2D eigenvalue weighted by molar-refractivity contribution is 6.42. The Morgan fingerprint density at radius 2 is 2.14 bits per heavy atom. The molecule has 1 aromatic carbocycles. The van der Waals surface area contributed by atoms with Crippen molar-refractivity contribution in [3.63, 3.8) is 0 Å². The lowest BCUT2D eigenvalue weighted by atomic mass is 9.93. The van der Waals surface area contributed by atoms with Gasteiger partial charge in [0.1, 0.15) is 0 Å². The molecule has 1 aromatic rings. The molecule has 0 heterocycles. The maximum atomic E-state index is 6.14. The Labute approximate surface area is 95.5 Å². The molecular weight excluding hydrogens is 215 g/mol. The van der Waals surface area contributed by atoms with E-state index in [4.69, 9.17) is 23.2 Å². The predicted molar refractivity (Wildman–Crippen MR) is 64.3 cm³/mol. The van der Waals surface area contributed by atoms with Gasteiger partial charge in [0, 0.05) is 0 Å². The number of allylic oxidation sites excluding steroid dienone is 1. The van der Waals surface area contributed by atoms with Crippen LogP contribution in [0.3, 0.4) is 0 Å².